The van der Waals surface area contributed by atoms with Gasteiger partial charge in [0.15, 0.2) is 11.6 Å². The van der Waals surface area contributed by atoms with E-state index in [1.165, 1.54) is 11.6 Å². The van der Waals surface area contributed by atoms with Crippen molar-refractivity contribution in [3.05, 3.63) is 90.0 Å². The first-order chi connectivity index (χ1) is 16.6. The molecule has 0 N–H and O–H groups in total. The number of ether oxygens (including phenoxy) is 2. The lowest BCUT2D eigenvalue weighted by Gasteiger charge is -2.36. The van der Waals surface area contributed by atoms with Crippen molar-refractivity contribution in [2.75, 3.05) is 46.9 Å². The van der Waals surface area contributed by atoms with E-state index >= 15 is 0 Å². The Morgan fingerprint density at radius 2 is 1.85 bits per heavy atom. The summed E-state index contributed by atoms with van der Waals surface area (Å²) in [4.78, 5) is 9.50. The Balaban J connectivity index is 1.32. The lowest BCUT2D eigenvalue weighted by atomic mass is 9.94. The molecule has 4 rings (SSSR count). The van der Waals surface area contributed by atoms with Gasteiger partial charge in [-0.3, -0.25) is 14.8 Å². The number of para-hydroxylation sites is 1. The molecule has 0 aliphatic carbocycles. The average molecular weight is 464 g/mol. The molecule has 1 saturated heterocycles. The normalized spacial score (nSPS) is 15.9. The van der Waals surface area contributed by atoms with Gasteiger partial charge in [0.1, 0.15) is 12.4 Å². The lowest BCUT2D eigenvalue weighted by molar-refractivity contribution is 0.126. The van der Waals surface area contributed by atoms with Crippen LogP contribution >= 0.6 is 0 Å². The molecule has 0 saturated carbocycles. The minimum absolute atomic E-state index is 0.0727. The van der Waals surface area contributed by atoms with Gasteiger partial charge in [-0.15, -0.1) is 0 Å². The van der Waals surface area contributed by atoms with Crippen LogP contribution in [-0.4, -0.2) is 61.7 Å². The molecule has 0 radical (unpaired) electrons. The third kappa shape index (κ3) is 6.33. The molecule has 1 aromatic heterocycles. The molecule has 0 amide bonds. The zero-order valence-electron chi connectivity index (χ0n) is 20.1. The predicted octanol–water partition coefficient (Wildman–Crippen LogP) is 5.04. The van der Waals surface area contributed by atoms with E-state index in [9.17, 15) is 4.39 Å². The van der Waals surface area contributed by atoms with E-state index in [0.717, 1.165) is 50.5 Å². The predicted molar refractivity (Wildman–Crippen MR) is 133 cm³/mol. The zero-order chi connectivity index (χ0) is 23.8. The second-order valence-electron chi connectivity index (χ2n) is 8.94. The highest BCUT2D eigenvalue weighted by Gasteiger charge is 2.26. The fourth-order valence-corrected chi connectivity index (χ4v) is 4.75. The first-order valence-corrected chi connectivity index (χ1v) is 12.0. The standard InChI is InChI=1S/C28H34FN3O2/c1-31(28(26-11-5-6-15-30-26)23-8-7-9-24(20-23)33-2)21-22-13-16-32(17-14-22)18-19-34-27-12-4-3-10-25(27)29/h3-12,15,20,22,28H,13-14,16-19,21H2,1-2H3/t28-/m1/s1. The number of aromatic nitrogens is 1. The average Bonchev–Trinajstić information content (AvgIpc) is 2.87. The monoisotopic (exact) mass is 463 g/mol. The van der Waals surface area contributed by atoms with E-state index in [1.807, 2.05) is 30.5 Å². The van der Waals surface area contributed by atoms with Crippen molar-refractivity contribution >= 4 is 0 Å². The number of methoxy groups -OCH3 is 1. The van der Waals surface area contributed by atoms with Gasteiger partial charge in [0.05, 0.1) is 18.8 Å². The van der Waals surface area contributed by atoms with Crippen LogP contribution in [0.2, 0.25) is 0 Å². The summed E-state index contributed by atoms with van der Waals surface area (Å²) in [5.74, 6) is 1.50. The first-order valence-electron chi connectivity index (χ1n) is 12.0. The number of likely N-dealkylation sites (tertiary alicyclic amines) is 1. The summed E-state index contributed by atoms with van der Waals surface area (Å²) in [5, 5.41) is 0. The topological polar surface area (TPSA) is 37.8 Å². The maximum Gasteiger partial charge on any atom is 0.165 e. The number of piperidine rings is 1. The van der Waals surface area contributed by atoms with Gasteiger partial charge in [0.2, 0.25) is 0 Å². The smallest absolute Gasteiger partial charge is 0.165 e. The van der Waals surface area contributed by atoms with Crippen LogP contribution in [-0.2, 0) is 0 Å². The van der Waals surface area contributed by atoms with Crippen molar-refractivity contribution in [2.45, 2.75) is 18.9 Å². The van der Waals surface area contributed by atoms with Crippen molar-refractivity contribution < 1.29 is 13.9 Å². The molecule has 2 aromatic carbocycles. The highest BCUT2D eigenvalue weighted by atomic mass is 19.1. The Labute approximate surface area is 202 Å². The van der Waals surface area contributed by atoms with Gasteiger partial charge in [-0.2, -0.15) is 0 Å². The Kier molecular flexibility index (Phi) is 8.50. The molecule has 3 aromatic rings. The first kappa shape index (κ1) is 24.2. The minimum Gasteiger partial charge on any atom is -0.497 e. The molecule has 1 aliphatic heterocycles. The van der Waals surface area contributed by atoms with Gasteiger partial charge in [0.25, 0.3) is 0 Å². The molecule has 34 heavy (non-hydrogen) atoms. The van der Waals surface area contributed by atoms with Gasteiger partial charge >= 0.3 is 0 Å². The summed E-state index contributed by atoms with van der Waals surface area (Å²) < 4.78 is 24.8. The summed E-state index contributed by atoms with van der Waals surface area (Å²) in [7, 11) is 3.89. The Morgan fingerprint density at radius 3 is 2.59 bits per heavy atom. The van der Waals surface area contributed by atoms with Crippen LogP contribution in [0.15, 0.2) is 72.9 Å². The van der Waals surface area contributed by atoms with Crippen molar-refractivity contribution in [2.24, 2.45) is 5.92 Å². The Morgan fingerprint density at radius 1 is 1.06 bits per heavy atom. The molecule has 5 nitrogen and oxygen atoms in total. The molecule has 1 aliphatic rings. The van der Waals surface area contributed by atoms with E-state index in [2.05, 4.69) is 40.0 Å². The van der Waals surface area contributed by atoms with Crippen LogP contribution in [0, 0.1) is 11.7 Å². The summed E-state index contributed by atoms with van der Waals surface area (Å²) in [5.41, 5.74) is 2.23. The van der Waals surface area contributed by atoms with Gasteiger partial charge in [0, 0.05) is 19.3 Å². The lowest BCUT2D eigenvalue weighted by Crippen LogP contribution is -2.40. The molecular weight excluding hydrogens is 429 g/mol. The SMILES string of the molecule is COc1cccc([C@H](c2ccccn2)N(C)CC2CCN(CCOc3ccccc3F)CC2)c1. The zero-order valence-corrected chi connectivity index (χ0v) is 20.1. The third-order valence-corrected chi connectivity index (χ3v) is 6.57. The maximum absolute atomic E-state index is 13.7. The highest BCUT2D eigenvalue weighted by molar-refractivity contribution is 5.34. The Bertz CT molecular complexity index is 1020. The molecule has 0 bridgehead atoms. The van der Waals surface area contributed by atoms with Crippen LogP contribution in [0.4, 0.5) is 4.39 Å². The molecule has 6 heteroatoms. The van der Waals surface area contributed by atoms with E-state index in [1.54, 1.807) is 25.3 Å². The summed E-state index contributed by atoms with van der Waals surface area (Å²) in [6.07, 6.45) is 4.13. The number of benzene rings is 2. The second-order valence-corrected chi connectivity index (χ2v) is 8.94. The second kappa shape index (κ2) is 12.0. The largest absolute Gasteiger partial charge is 0.497 e. The van der Waals surface area contributed by atoms with Crippen LogP contribution < -0.4 is 9.47 Å². The molecule has 1 atom stereocenters. The number of hydrogen-bond acceptors (Lipinski definition) is 5. The maximum atomic E-state index is 13.7. The molecular formula is C28H34FN3O2. The van der Waals surface area contributed by atoms with Crippen molar-refractivity contribution in [1.82, 2.24) is 14.8 Å². The van der Waals surface area contributed by atoms with Crippen LogP contribution in [0.5, 0.6) is 11.5 Å². The number of hydrogen-bond donors (Lipinski definition) is 0. The van der Waals surface area contributed by atoms with Gasteiger partial charge in [-0.25, -0.2) is 4.39 Å². The summed E-state index contributed by atoms with van der Waals surface area (Å²) in [6.45, 7) is 4.39. The van der Waals surface area contributed by atoms with E-state index in [0.29, 0.717) is 18.3 Å². The molecule has 0 spiro atoms. The quantitative estimate of drug-likeness (QED) is 0.421. The number of halogens is 1. The number of nitrogens with zero attached hydrogens (tertiary/aromatic N) is 3. The van der Waals surface area contributed by atoms with Crippen LogP contribution in [0.3, 0.4) is 0 Å². The molecule has 0 unspecified atom stereocenters. The van der Waals surface area contributed by atoms with Gasteiger partial charge in [-0.05, 0) is 80.9 Å². The molecule has 180 valence electrons. The van der Waals surface area contributed by atoms with Crippen molar-refractivity contribution in [1.29, 1.82) is 0 Å². The van der Waals surface area contributed by atoms with E-state index in [-0.39, 0.29) is 11.9 Å². The third-order valence-electron chi connectivity index (χ3n) is 6.57. The van der Waals surface area contributed by atoms with Crippen molar-refractivity contribution in [3.63, 3.8) is 0 Å². The molecule has 1 fully saturated rings. The summed E-state index contributed by atoms with van der Waals surface area (Å²) >= 11 is 0. The van der Waals surface area contributed by atoms with Gasteiger partial charge in [-0.1, -0.05) is 30.3 Å². The number of rotatable bonds is 10. The highest BCUT2D eigenvalue weighted by Crippen LogP contribution is 2.30. The van der Waals surface area contributed by atoms with E-state index < -0.39 is 0 Å². The fourth-order valence-electron chi connectivity index (χ4n) is 4.75. The van der Waals surface area contributed by atoms with Crippen LogP contribution in [0.25, 0.3) is 0 Å². The number of pyridine rings is 1. The minimum atomic E-state index is -0.303. The van der Waals surface area contributed by atoms with E-state index in [4.69, 9.17) is 9.47 Å². The van der Waals surface area contributed by atoms with Crippen molar-refractivity contribution in [3.8, 4) is 11.5 Å². The van der Waals surface area contributed by atoms with Gasteiger partial charge < -0.3 is 9.47 Å². The van der Waals surface area contributed by atoms with Crippen LogP contribution in [0.1, 0.15) is 30.1 Å². The fraction of sp³-hybridized carbons (Fsp3) is 0.393. The Hall–Kier alpha value is -2.96. The molecule has 2 heterocycles. The summed E-state index contributed by atoms with van der Waals surface area (Å²) in [6, 6.07) is 21.0.